The number of benzene rings is 2. The molecule has 0 spiro atoms. The number of hydrogen-bond acceptors (Lipinski definition) is 9. The van der Waals surface area contributed by atoms with E-state index in [0.29, 0.717) is 26.8 Å². The maximum absolute atomic E-state index is 16.2. The van der Waals surface area contributed by atoms with Crippen LogP contribution < -0.4 is 5.32 Å². The predicted octanol–water partition coefficient (Wildman–Crippen LogP) is 6.60. The van der Waals surface area contributed by atoms with Crippen LogP contribution in [0.4, 0.5) is 14.7 Å². The molecule has 8 nitrogen and oxygen atoms in total. The van der Waals surface area contributed by atoms with Crippen molar-refractivity contribution in [3.63, 3.8) is 0 Å². The number of nitrogens with zero attached hydrogens (tertiary/aromatic N) is 4. The number of aryl methyl sites for hydroxylation is 1. The average molecular weight is 649 g/mol. The second-order valence-corrected chi connectivity index (χ2v) is 12.7. The minimum Gasteiger partial charge on any atom is -0.395 e. The smallest absolute Gasteiger partial charge is 0.223 e. The lowest BCUT2D eigenvalue weighted by Crippen LogP contribution is -2.09. The number of sulfone groups is 1. The number of thiazole rings is 1. The van der Waals surface area contributed by atoms with E-state index < -0.39 is 27.2 Å². The third-order valence-corrected chi connectivity index (χ3v) is 9.95. The van der Waals surface area contributed by atoms with Gasteiger partial charge in [-0.1, -0.05) is 41.4 Å². The maximum Gasteiger partial charge on any atom is 0.223 e. The Labute approximate surface area is 254 Å². The zero-order valence-electron chi connectivity index (χ0n) is 21.8. The summed E-state index contributed by atoms with van der Waals surface area (Å²) in [6.45, 7) is 1.72. The highest BCUT2D eigenvalue weighted by molar-refractivity contribution is 7.90. The van der Waals surface area contributed by atoms with Gasteiger partial charge in [0.25, 0.3) is 0 Å². The van der Waals surface area contributed by atoms with Crippen molar-refractivity contribution in [1.29, 1.82) is 0 Å². The molecule has 0 atom stereocenters. The van der Waals surface area contributed by atoms with Gasteiger partial charge < -0.3 is 10.4 Å². The number of hydrogen-bond donors (Lipinski definition) is 2. The minimum absolute atomic E-state index is 0.0206. The van der Waals surface area contributed by atoms with E-state index in [0.717, 1.165) is 17.5 Å². The largest absolute Gasteiger partial charge is 0.395 e. The van der Waals surface area contributed by atoms with Crippen LogP contribution in [0.15, 0.2) is 65.8 Å². The molecule has 5 aromatic rings. The highest BCUT2D eigenvalue weighted by Gasteiger charge is 2.27. The van der Waals surface area contributed by atoms with E-state index >= 15 is 4.39 Å². The Hall–Kier alpha value is -3.55. The van der Waals surface area contributed by atoms with Gasteiger partial charge in [-0.15, -0.1) is 11.3 Å². The molecule has 3 heterocycles. The molecular formula is C28H21Cl2F2N5O3S2. The summed E-state index contributed by atoms with van der Waals surface area (Å²) in [5, 5.41) is 12.3. The molecule has 0 aliphatic heterocycles. The maximum atomic E-state index is 16.2. The Morgan fingerprint density at radius 3 is 2.55 bits per heavy atom. The van der Waals surface area contributed by atoms with Crippen molar-refractivity contribution in [3.8, 4) is 32.5 Å². The number of halogens is 4. The van der Waals surface area contributed by atoms with Crippen LogP contribution in [-0.4, -0.2) is 46.6 Å². The van der Waals surface area contributed by atoms with Gasteiger partial charge in [-0.3, -0.25) is 4.98 Å². The van der Waals surface area contributed by atoms with E-state index in [1.165, 1.54) is 42.6 Å². The standard InChI is InChI=1S/C28H21Cl2F2N5O3S2/c1-15-5-7-19(29)26(22(15)30)42(39,40)14-16-3-2-4-18(23(16)32)24-25(20-9-10-33-28(36-20)34-11-12-38)41-27(37-24)21-8-6-17(31)13-35-21/h2-10,13,38H,11-12,14H2,1H3,(H,33,34,36). The first kappa shape index (κ1) is 29.9. The Morgan fingerprint density at radius 1 is 1.00 bits per heavy atom. The first-order chi connectivity index (χ1) is 20.1. The summed E-state index contributed by atoms with van der Waals surface area (Å²) in [5.41, 5.74) is 1.34. The van der Waals surface area contributed by atoms with Crippen LogP contribution in [0.2, 0.25) is 10.0 Å². The highest BCUT2D eigenvalue weighted by Crippen LogP contribution is 2.41. The molecule has 216 valence electrons. The fraction of sp³-hybridized carbons (Fsp3) is 0.143. The highest BCUT2D eigenvalue weighted by atomic mass is 35.5. The van der Waals surface area contributed by atoms with Crippen molar-refractivity contribution in [2.45, 2.75) is 17.6 Å². The van der Waals surface area contributed by atoms with Gasteiger partial charge in [-0.05, 0) is 42.8 Å². The van der Waals surface area contributed by atoms with Crippen LogP contribution in [0.3, 0.4) is 0 Å². The van der Waals surface area contributed by atoms with Gasteiger partial charge in [0.15, 0.2) is 9.84 Å². The number of nitrogens with one attached hydrogen (secondary N) is 1. The Bertz CT molecular complexity index is 1890. The molecule has 0 bridgehead atoms. The number of aliphatic hydroxyl groups excluding tert-OH is 1. The molecule has 5 rings (SSSR count). The fourth-order valence-corrected chi connectivity index (χ4v) is 7.77. The summed E-state index contributed by atoms with van der Waals surface area (Å²) in [4.78, 5) is 17.5. The van der Waals surface area contributed by atoms with Gasteiger partial charge >= 0.3 is 0 Å². The van der Waals surface area contributed by atoms with Crippen molar-refractivity contribution >= 4 is 50.3 Å². The first-order valence-corrected chi connectivity index (χ1v) is 15.6. The Morgan fingerprint density at radius 2 is 1.81 bits per heavy atom. The van der Waals surface area contributed by atoms with Gasteiger partial charge in [0.2, 0.25) is 5.95 Å². The SMILES string of the molecule is Cc1ccc(Cl)c(S(=O)(=O)Cc2cccc(-c3nc(-c4ccc(F)cn4)sc3-c3ccnc(NCCO)n3)c2F)c1Cl. The third kappa shape index (κ3) is 6.13. The number of anilines is 1. The van der Waals surface area contributed by atoms with Crippen LogP contribution in [-0.2, 0) is 15.6 Å². The van der Waals surface area contributed by atoms with E-state index in [9.17, 15) is 12.8 Å². The van der Waals surface area contributed by atoms with Gasteiger partial charge in [-0.2, -0.15) is 0 Å². The molecular weight excluding hydrogens is 627 g/mol. The van der Waals surface area contributed by atoms with Gasteiger partial charge in [-0.25, -0.2) is 32.2 Å². The van der Waals surface area contributed by atoms with Crippen molar-refractivity contribution in [1.82, 2.24) is 19.9 Å². The molecule has 14 heteroatoms. The third-order valence-electron chi connectivity index (χ3n) is 6.09. The second kappa shape index (κ2) is 12.4. The summed E-state index contributed by atoms with van der Waals surface area (Å²) in [7, 11) is -4.15. The quantitative estimate of drug-likeness (QED) is 0.184. The minimum atomic E-state index is -4.15. The van der Waals surface area contributed by atoms with Crippen molar-refractivity contribution in [2.75, 3.05) is 18.5 Å². The number of rotatable bonds is 9. The molecule has 0 aliphatic rings. The van der Waals surface area contributed by atoms with E-state index in [-0.39, 0.29) is 50.9 Å². The van der Waals surface area contributed by atoms with E-state index in [4.69, 9.17) is 28.3 Å². The molecule has 42 heavy (non-hydrogen) atoms. The summed E-state index contributed by atoms with van der Waals surface area (Å²) in [5.74, 6) is -1.81. The molecule has 2 N–H and O–H groups in total. The summed E-state index contributed by atoms with van der Waals surface area (Å²) in [6.07, 6.45) is 2.54. The Kier molecular flexibility index (Phi) is 8.81. The molecule has 0 amide bonds. The van der Waals surface area contributed by atoms with Crippen LogP contribution in [0.5, 0.6) is 0 Å². The number of pyridine rings is 1. The fourth-order valence-electron chi connectivity index (χ4n) is 4.09. The molecule has 0 saturated carbocycles. The zero-order chi connectivity index (χ0) is 30.0. The van der Waals surface area contributed by atoms with Crippen LogP contribution in [0.25, 0.3) is 32.5 Å². The summed E-state index contributed by atoms with van der Waals surface area (Å²) >= 11 is 13.6. The summed E-state index contributed by atoms with van der Waals surface area (Å²) < 4.78 is 56.5. The van der Waals surface area contributed by atoms with Crippen LogP contribution in [0, 0.1) is 18.6 Å². The van der Waals surface area contributed by atoms with Crippen LogP contribution in [0.1, 0.15) is 11.1 Å². The molecule has 0 aliphatic carbocycles. The molecule has 0 radical (unpaired) electrons. The lowest BCUT2D eigenvalue weighted by Gasteiger charge is -2.12. The molecule has 2 aromatic carbocycles. The molecule has 3 aromatic heterocycles. The van der Waals surface area contributed by atoms with Crippen LogP contribution >= 0.6 is 34.5 Å². The van der Waals surface area contributed by atoms with Gasteiger partial charge in [0, 0.05) is 23.9 Å². The average Bonchev–Trinajstić information content (AvgIpc) is 3.41. The van der Waals surface area contributed by atoms with Crippen molar-refractivity contribution < 1.29 is 22.3 Å². The molecule has 0 fully saturated rings. The first-order valence-electron chi connectivity index (χ1n) is 12.3. The van der Waals surface area contributed by atoms with Crippen molar-refractivity contribution in [2.24, 2.45) is 0 Å². The number of aliphatic hydroxyl groups is 1. The zero-order valence-corrected chi connectivity index (χ0v) is 24.9. The monoisotopic (exact) mass is 647 g/mol. The van der Waals surface area contributed by atoms with Gasteiger partial charge in [0.1, 0.15) is 21.5 Å². The molecule has 0 unspecified atom stereocenters. The second-order valence-electron chi connectivity index (χ2n) is 9.02. The summed E-state index contributed by atoms with van der Waals surface area (Å²) in [6, 6.07) is 11.7. The van der Waals surface area contributed by atoms with Gasteiger partial charge in [0.05, 0.1) is 50.6 Å². The van der Waals surface area contributed by atoms with E-state index in [1.54, 1.807) is 19.1 Å². The predicted molar refractivity (Wildman–Crippen MR) is 159 cm³/mol. The molecule has 0 saturated heterocycles. The Balaban J connectivity index is 1.63. The van der Waals surface area contributed by atoms with Crippen molar-refractivity contribution in [3.05, 3.63) is 93.7 Å². The lowest BCUT2D eigenvalue weighted by atomic mass is 10.1. The normalized spacial score (nSPS) is 11.6. The lowest BCUT2D eigenvalue weighted by molar-refractivity contribution is 0.311. The van der Waals surface area contributed by atoms with E-state index in [1.807, 2.05) is 0 Å². The number of aromatic nitrogens is 4. The van der Waals surface area contributed by atoms with E-state index in [2.05, 4.69) is 25.3 Å². The topological polar surface area (TPSA) is 118 Å².